The minimum atomic E-state index is -0.546. The zero-order chi connectivity index (χ0) is 15.0. The summed E-state index contributed by atoms with van der Waals surface area (Å²) in [4.78, 5) is 12.4. The Balaban J connectivity index is 1.68. The molecule has 114 valence electrons. The number of carbonyl (C=O) groups is 1. The predicted molar refractivity (Wildman–Crippen MR) is 75.5 cm³/mol. The number of hydrogen-bond donors (Lipinski definition) is 2. The Morgan fingerprint density at radius 1 is 1.38 bits per heavy atom. The van der Waals surface area contributed by atoms with Crippen LogP contribution in [0.15, 0.2) is 18.2 Å². The van der Waals surface area contributed by atoms with Gasteiger partial charge in [-0.25, -0.2) is 8.78 Å². The van der Waals surface area contributed by atoms with Crippen LogP contribution in [0.5, 0.6) is 0 Å². The van der Waals surface area contributed by atoms with Gasteiger partial charge in [0.25, 0.3) is 0 Å². The molecule has 21 heavy (non-hydrogen) atoms. The van der Waals surface area contributed by atoms with Gasteiger partial charge in [-0.2, -0.15) is 0 Å². The standard InChI is InChI=1S/C16H20F2N2O/c1-9(13-7-11(17)5-6-14(13)18)20-16(21)15-12-4-2-3-10(12)8-19-15/h5-7,9-10,12,15,19H,2-4,8H2,1H3,(H,20,21). The summed E-state index contributed by atoms with van der Waals surface area (Å²) in [5, 5.41) is 6.07. The molecule has 3 nitrogen and oxygen atoms in total. The van der Waals surface area contributed by atoms with Crippen molar-refractivity contribution in [3.05, 3.63) is 35.4 Å². The van der Waals surface area contributed by atoms with Crippen molar-refractivity contribution in [2.24, 2.45) is 11.8 Å². The first-order chi connectivity index (χ1) is 10.1. The van der Waals surface area contributed by atoms with Gasteiger partial charge in [-0.05, 0) is 56.3 Å². The maximum absolute atomic E-state index is 13.7. The molecule has 3 rings (SSSR count). The third-order valence-corrected chi connectivity index (χ3v) is 4.81. The van der Waals surface area contributed by atoms with Crippen molar-refractivity contribution in [2.75, 3.05) is 6.54 Å². The Morgan fingerprint density at radius 3 is 3.00 bits per heavy atom. The lowest BCUT2D eigenvalue weighted by Gasteiger charge is -2.21. The van der Waals surface area contributed by atoms with Gasteiger partial charge in [0.15, 0.2) is 0 Å². The van der Waals surface area contributed by atoms with Crippen LogP contribution in [-0.2, 0) is 4.79 Å². The summed E-state index contributed by atoms with van der Waals surface area (Å²) in [6.07, 6.45) is 3.42. The van der Waals surface area contributed by atoms with Gasteiger partial charge < -0.3 is 10.6 Å². The quantitative estimate of drug-likeness (QED) is 0.899. The van der Waals surface area contributed by atoms with E-state index in [1.807, 2.05) is 0 Å². The number of halogens is 2. The Labute approximate surface area is 123 Å². The van der Waals surface area contributed by atoms with Crippen LogP contribution in [0.4, 0.5) is 8.78 Å². The lowest BCUT2D eigenvalue weighted by molar-refractivity contribution is -0.124. The smallest absolute Gasteiger partial charge is 0.237 e. The van der Waals surface area contributed by atoms with Crippen LogP contribution in [0.25, 0.3) is 0 Å². The van der Waals surface area contributed by atoms with E-state index in [-0.39, 0.29) is 17.5 Å². The van der Waals surface area contributed by atoms with E-state index in [0.717, 1.165) is 31.2 Å². The third kappa shape index (κ3) is 2.79. The Kier molecular flexibility index (Phi) is 3.93. The molecule has 1 saturated carbocycles. The van der Waals surface area contributed by atoms with E-state index < -0.39 is 17.7 Å². The number of hydrogen-bond acceptors (Lipinski definition) is 2. The summed E-state index contributed by atoms with van der Waals surface area (Å²) in [6, 6.07) is 2.57. The monoisotopic (exact) mass is 294 g/mol. The Morgan fingerprint density at radius 2 is 2.19 bits per heavy atom. The number of nitrogens with one attached hydrogen (secondary N) is 2. The molecule has 0 radical (unpaired) electrons. The third-order valence-electron chi connectivity index (χ3n) is 4.81. The van der Waals surface area contributed by atoms with E-state index in [1.165, 1.54) is 12.8 Å². The molecule has 2 N–H and O–H groups in total. The van der Waals surface area contributed by atoms with Crippen LogP contribution in [0.1, 0.15) is 37.8 Å². The molecule has 1 aliphatic carbocycles. The fourth-order valence-electron chi connectivity index (χ4n) is 3.70. The number of rotatable bonds is 3. The average molecular weight is 294 g/mol. The summed E-state index contributed by atoms with van der Waals surface area (Å²) in [6.45, 7) is 2.56. The van der Waals surface area contributed by atoms with Gasteiger partial charge in [0.05, 0.1) is 12.1 Å². The van der Waals surface area contributed by atoms with E-state index in [4.69, 9.17) is 0 Å². The summed E-state index contributed by atoms with van der Waals surface area (Å²) in [5.41, 5.74) is 0.185. The molecular formula is C16H20F2N2O. The number of carbonyl (C=O) groups excluding carboxylic acids is 1. The molecule has 4 atom stereocenters. The second-order valence-corrected chi connectivity index (χ2v) is 6.14. The molecule has 1 saturated heterocycles. The molecule has 4 unspecified atom stereocenters. The van der Waals surface area contributed by atoms with Crippen LogP contribution in [0, 0.1) is 23.5 Å². The van der Waals surface area contributed by atoms with Crippen molar-refractivity contribution in [3.63, 3.8) is 0 Å². The largest absolute Gasteiger partial charge is 0.348 e. The molecule has 1 amide bonds. The van der Waals surface area contributed by atoms with Crippen LogP contribution >= 0.6 is 0 Å². The van der Waals surface area contributed by atoms with E-state index in [2.05, 4.69) is 10.6 Å². The molecule has 5 heteroatoms. The highest BCUT2D eigenvalue weighted by Gasteiger charge is 2.42. The lowest BCUT2D eigenvalue weighted by atomic mass is 9.93. The Hall–Kier alpha value is -1.49. The van der Waals surface area contributed by atoms with Gasteiger partial charge in [-0.1, -0.05) is 6.42 Å². The topological polar surface area (TPSA) is 41.1 Å². The fourth-order valence-corrected chi connectivity index (χ4v) is 3.70. The van der Waals surface area contributed by atoms with Crippen molar-refractivity contribution in [1.29, 1.82) is 0 Å². The minimum absolute atomic E-state index is 0.111. The molecule has 0 spiro atoms. The van der Waals surface area contributed by atoms with Crippen LogP contribution in [-0.4, -0.2) is 18.5 Å². The summed E-state index contributed by atoms with van der Waals surface area (Å²) in [5.74, 6) is -0.137. The van der Waals surface area contributed by atoms with Crippen molar-refractivity contribution >= 4 is 5.91 Å². The summed E-state index contributed by atoms with van der Waals surface area (Å²) >= 11 is 0. The molecule has 1 aromatic rings. The van der Waals surface area contributed by atoms with Gasteiger partial charge in [0, 0.05) is 5.56 Å². The molecule has 0 aromatic heterocycles. The maximum Gasteiger partial charge on any atom is 0.237 e. The molecule has 2 fully saturated rings. The molecule has 1 aromatic carbocycles. The zero-order valence-corrected chi connectivity index (χ0v) is 12.0. The van der Waals surface area contributed by atoms with Gasteiger partial charge in [0.2, 0.25) is 5.91 Å². The Bertz CT molecular complexity index is 549. The van der Waals surface area contributed by atoms with Gasteiger partial charge in [0.1, 0.15) is 11.6 Å². The first-order valence-electron chi connectivity index (χ1n) is 7.55. The SMILES string of the molecule is CC(NC(=O)C1NCC2CCCC21)c1cc(F)ccc1F. The minimum Gasteiger partial charge on any atom is -0.348 e. The van der Waals surface area contributed by atoms with Gasteiger partial charge in [-0.3, -0.25) is 4.79 Å². The van der Waals surface area contributed by atoms with E-state index >= 15 is 0 Å². The van der Waals surface area contributed by atoms with E-state index in [1.54, 1.807) is 6.92 Å². The first-order valence-corrected chi connectivity index (χ1v) is 7.55. The van der Waals surface area contributed by atoms with Crippen LogP contribution < -0.4 is 10.6 Å². The van der Waals surface area contributed by atoms with E-state index in [0.29, 0.717) is 11.8 Å². The second-order valence-electron chi connectivity index (χ2n) is 6.14. The summed E-state index contributed by atoms with van der Waals surface area (Å²) in [7, 11) is 0. The average Bonchev–Trinajstić information content (AvgIpc) is 3.03. The van der Waals surface area contributed by atoms with Crippen LogP contribution in [0.2, 0.25) is 0 Å². The zero-order valence-electron chi connectivity index (χ0n) is 12.0. The second kappa shape index (κ2) is 5.72. The fraction of sp³-hybridized carbons (Fsp3) is 0.562. The molecule has 1 heterocycles. The molecular weight excluding hydrogens is 274 g/mol. The molecule has 1 aliphatic heterocycles. The van der Waals surface area contributed by atoms with E-state index in [9.17, 15) is 13.6 Å². The normalized spacial score (nSPS) is 29.2. The number of fused-ring (bicyclic) bond motifs is 1. The lowest BCUT2D eigenvalue weighted by Crippen LogP contribution is -2.44. The molecule has 0 bridgehead atoms. The first kappa shape index (κ1) is 14.4. The number of benzene rings is 1. The highest BCUT2D eigenvalue weighted by molar-refractivity contribution is 5.83. The predicted octanol–water partition coefficient (Wildman–Crippen LogP) is 2.53. The van der Waals surface area contributed by atoms with Crippen molar-refractivity contribution < 1.29 is 13.6 Å². The van der Waals surface area contributed by atoms with Gasteiger partial charge >= 0.3 is 0 Å². The highest BCUT2D eigenvalue weighted by atomic mass is 19.1. The van der Waals surface area contributed by atoms with Crippen molar-refractivity contribution in [2.45, 2.75) is 38.3 Å². The van der Waals surface area contributed by atoms with Crippen molar-refractivity contribution in [1.82, 2.24) is 10.6 Å². The van der Waals surface area contributed by atoms with Crippen molar-refractivity contribution in [3.8, 4) is 0 Å². The van der Waals surface area contributed by atoms with Gasteiger partial charge in [-0.15, -0.1) is 0 Å². The highest BCUT2D eigenvalue weighted by Crippen LogP contribution is 2.37. The number of amides is 1. The summed E-state index contributed by atoms with van der Waals surface area (Å²) < 4.78 is 27.0. The van der Waals surface area contributed by atoms with Crippen LogP contribution in [0.3, 0.4) is 0 Å². The molecule has 2 aliphatic rings. The maximum atomic E-state index is 13.7.